The van der Waals surface area contributed by atoms with Crippen molar-refractivity contribution in [2.75, 3.05) is 5.32 Å². The predicted molar refractivity (Wildman–Crippen MR) is 75.1 cm³/mol. The van der Waals surface area contributed by atoms with Gasteiger partial charge in [0.15, 0.2) is 0 Å². The molecule has 8 nitrogen and oxygen atoms in total. The summed E-state index contributed by atoms with van der Waals surface area (Å²) in [6, 6.07) is 1.55. The quantitative estimate of drug-likeness (QED) is 0.830. The molecule has 0 saturated carbocycles. The Morgan fingerprint density at radius 1 is 1.33 bits per heavy atom. The third-order valence-electron chi connectivity index (χ3n) is 3.14. The van der Waals surface area contributed by atoms with Crippen molar-refractivity contribution in [2.45, 2.75) is 33.4 Å². The van der Waals surface area contributed by atoms with E-state index in [1.54, 1.807) is 16.9 Å². The van der Waals surface area contributed by atoms with Crippen LogP contribution >= 0.6 is 0 Å². The third-order valence-corrected chi connectivity index (χ3v) is 3.14. The summed E-state index contributed by atoms with van der Waals surface area (Å²) in [5, 5.41) is 19.6. The smallest absolute Gasteiger partial charge is 0.305 e. The normalized spacial score (nSPS) is 10.6. The number of carbonyl (C=O) groups excluding carboxylic acids is 1. The van der Waals surface area contributed by atoms with Gasteiger partial charge in [-0.3, -0.25) is 19.0 Å². The Hall–Kier alpha value is -2.64. The molecule has 0 atom stereocenters. The number of anilines is 1. The van der Waals surface area contributed by atoms with Gasteiger partial charge in [-0.1, -0.05) is 0 Å². The van der Waals surface area contributed by atoms with E-state index in [0.717, 1.165) is 12.2 Å². The predicted octanol–water partition coefficient (Wildman–Crippen LogP) is 1.13. The molecule has 0 aliphatic carbocycles. The first-order valence-electron chi connectivity index (χ1n) is 6.60. The first kappa shape index (κ1) is 14.8. The zero-order chi connectivity index (χ0) is 15.4. The molecule has 0 unspecified atom stereocenters. The van der Waals surface area contributed by atoms with E-state index in [-0.39, 0.29) is 18.9 Å². The highest BCUT2D eigenvalue weighted by Crippen LogP contribution is 2.15. The van der Waals surface area contributed by atoms with Crippen molar-refractivity contribution in [1.29, 1.82) is 0 Å². The van der Waals surface area contributed by atoms with Gasteiger partial charge in [-0.2, -0.15) is 10.2 Å². The molecule has 2 N–H and O–H groups in total. The van der Waals surface area contributed by atoms with E-state index < -0.39 is 5.97 Å². The number of hydrogen-bond acceptors (Lipinski definition) is 4. The number of carboxylic acids is 1. The molecule has 0 aliphatic rings. The van der Waals surface area contributed by atoms with Gasteiger partial charge < -0.3 is 10.4 Å². The molecule has 2 heterocycles. The van der Waals surface area contributed by atoms with Crippen LogP contribution in [0.15, 0.2) is 18.5 Å². The lowest BCUT2D eigenvalue weighted by atomic mass is 10.3. The van der Waals surface area contributed by atoms with Gasteiger partial charge in [0.05, 0.1) is 30.5 Å². The van der Waals surface area contributed by atoms with Gasteiger partial charge in [-0.15, -0.1) is 0 Å². The largest absolute Gasteiger partial charge is 0.481 e. The first-order chi connectivity index (χ1) is 10.0. The summed E-state index contributed by atoms with van der Waals surface area (Å²) >= 11 is 0. The van der Waals surface area contributed by atoms with Crippen molar-refractivity contribution in [3.8, 4) is 0 Å². The van der Waals surface area contributed by atoms with Crippen molar-refractivity contribution in [2.24, 2.45) is 0 Å². The second-order valence-corrected chi connectivity index (χ2v) is 4.50. The van der Waals surface area contributed by atoms with Crippen LogP contribution in [0.5, 0.6) is 0 Å². The molecule has 8 heteroatoms. The third kappa shape index (κ3) is 3.28. The number of carboxylic acid groups (broad SMARTS) is 1. The van der Waals surface area contributed by atoms with Gasteiger partial charge in [0.2, 0.25) is 0 Å². The molecule has 0 bridgehead atoms. The minimum atomic E-state index is -0.933. The van der Waals surface area contributed by atoms with Crippen LogP contribution in [0.1, 0.15) is 29.5 Å². The van der Waals surface area contributed by atoms with Gasteiger partial charge in [0.25, 0.3) is 5.91 Å². The second-order valence-electron chi connectivity index (χ2n) is 4.50. The summed E-state index contributed by atoms with van der Waals surface area (Å²) < 4.78 is 3.15. The van der Waals surface area contributed by atoms with E-state index in [2.05, 4.69) is 15.5 Å². The number of carbonyl (C=O) groups is 2. The maximum Gasteiger partial charge on any atom is 0.305 e. The van der Waals surface area contributed by atoms with Crippen molar-refractivity contribution in [1.82, 2.24) is 19.6 Å². The van der Waals surface area contributed by atoms with Gasteiger partial charge in [-0.25, -0.2) is 0 Å². The zero-order valence-corrected chi connectivity index (χ0v) is 11.9. The highest BCUT2D eigenvalue weighted by atomic mass is 16.4. The monoisotopic (exact) mass is 291 g/mol. The van der Waals surface area contributed by atoms with Crippen molar-refractivity contribution < 1.29 is 14.7 Å². The van der Waals surface area contributed by atoms with E-state index in [1.807, 2.05) is 13.8 Å². The summed E-state index contributed by atoms with van der Waals surface area (Å²) in [4.78, 5) is 22.8. The molecule has 2 aromatic heterocycles. The molecule has 112 valence electrons. The summed E-state index contributed by atoms with van der Waals surface area (Å²) in [5.41, 5.74) is 1.81. The maximum atomic E-state index is 12.2. The van der Waals surface area contributed by atoms with E-state index >= 15 is 0 Å². The van der Waals surface area contributed by atoms with Crippen LogP contribution in [0, 0.1) is 6.92 Å². The minimum Gasteiger partial charge on any atom is -0.481 e. The van der Waals surface area contributed by atoms with Gasteiger partial charge >= 0.3 is 5.97 Å². The fourth-order valence-electron chi connectivity index (χ4n) is 1.98. The number of aliphatic carboxylic acids is 1. The molecule has 0 fully saturated rings. The van der Waals surface area contributed by atoms with Crippen LogP contribution in [-0.2, 0) is 17.9 Å². The van der Waals surface area contributed by atoms with Gasteiger partial charge in [0.1, 0.15) is 5.69 Å². The summed E-state index contributed by atoms with van der Waals surface area (Å²) in [6.45, 7) is 4.71. The van der Waals surface area contributed by atoms with Gasteiger partial charge in [-0.05, 0) is 19.9 Å². The standard InChI is InChI=1S/C13H17N5O3/c1-3-17-9(2)10(8-15-17)16-13(21)11-4-6-14-18(11)7-5-12(19)20/h4,6,8H,3,5,7H2,1-2H3,(H,16,21)(H,19,20). The molecular weight excluding hydrogens is 274 g/mol. The molecular formula is C13H17N5O3. The molecule has 0 saturated heterocycles. The number of aromatic nitrogens is 4. The molecule has 0 radical (unpaired) electrons. The van der Waals surface area contributed by atoms with Crippen LogP contribution in [0.4, 0.5) is 5.69 Å². The second kappa shape index (κ2) is 6.21. The fraction of sp³-hybridized carbons (Fsp3) is 0.385. The minimum absolute atomic E-state index is 0.0885. The average Bonchev–Trinajstić information content (AvgIpc) is 3.04. The lowest BCUT2D eigenvalue weighted by Gasteiger charge is -2.07. The zero-order valence-electron chi connectivity index (χ0n) is 11.9. The van der Waals surface area contributed by atoms with E-state index in [0.29, 0.717) is 11.4 Å². The van der Waals surface area contributed by atoms with Crippen molar-refractivity contribution in [3.05, 3.63) is 29.8 Å². The molecule has 1 amide bonds. The van der Waals surface area contributed by atoms with E-state index in [9.17, 15) is 9.59 Å². The summed E-state index contributed by atoms with van der Waals surface area (Å²) in [5.74, 6) is -1.27. The van der Waals surface area contributed by atoms with Crippen LogP contribution in [0.2, 0.25) is 0 Å². The molecule has 0 aliphatic heterocycles. The van der Waals surface area contributed by atoms with Crippen LogP contribution < -0.4 is 5.32 Å². The Kier molecular flexibility index (Phi) is 4.36. The number of hydrogen-bond donors (Lipinski definition) is 2. The average molecular weight is 291 g/mol. The van der Waals surface area contributed by atoms with Crippen LogP contribution in [0.3, 0.4) is 0 Å². The number of nitrogens with zero attached hydrogens (tertiary/aromatic N) is 4. The fourth-order valence-corrected chi connectivity index (χ4v) is 1.98. The van der Waals surface area contributed by atoms with Crippen LogP contribution in [0.25, 0.3) is 0 Å². The topological polar surface area (TPSA) is 102 Å². The molecule has 0 spiro atoms. The van der Waals surface area contributed by atoms with Crippen molar-refractivity contribution in [3.63, 3.8) is 0 Å². The highest BCUT2D eigenvalue weighted by Gasteiger charge is 2.15. The van der Waals surface area contributed by atoms with Crippen LogP contribution in [-0.4, -0.2) is 36.5 Å². The summed E-state index contributed by atoms with van der Waals surface area (Å²) in [6.07, 6.45) is 2.97. The summed E-state index contributed by atoms with van der Waals surface area (Å²) in [7, 11) is 0. The molecule has 2 aromatic rings. The SMILES string of the molecule is CCn1ncc(NC(=O)c2ccnn2CCC(=O)O)c1C. The number of amides is 1. The van der Waals surface area contributed by atoms with E-state index in [1.165, 1.54) is 10.9 Å². The Morgan fingerprint density at radius 2 is 2.10 bits per heavy atom. The molecule has 21 heavy (non-hydrogen) atoms. The maximum absolute atomic E-state index is 12.2. The molecule has 2 rings (SSSR count). The number of nitrogens with one attached hydrogen (secondary N) is 1. The number of rotatable bonds is 6. The van der Waals surface area contributed by atoms with E-state index in [4.69, 9.17) is 5.11 Å². The highest BCUT2D eigenvalue weighted by molar-refractivity contribution is 6.03. The Labute approximate surface area is 121 Å². The first-order valence-corrected chi connectivity index (χ1v) is 6.60. The lowest BCUT2D eigenvalue weighted by molar-refractivity contribution is -0.137. The van der Waals surface area contributed by atoms with Gasteiger partial charge in [0, 0.05) is 12.7 Å². The Morgan fingerprint density at radius 3 is 2.71 bits per heavy atom. The van der Waals surface area contributed by atoms with Crippen molar-refractivity contribution >= 4 is 17.6 Å². The Balaban J connectivity index is 2.11. The lowest BCUT2D eigenvalue weighted by Crippen LogP contribution is -2.19. The number of aryl methyl sites for hydroxylation is 2. The Bertz CT molecular complexity index is 659. The molecule has 0 aromatic carbocycles.